The third-order valence-corrected chi connectivity index (χ3v) is 4.23. The maximum Gasteiger partial charge on any atom is 0.247 e. The first-order chi connectivity index (χ1) is 8.43. The van der Waals surface area contributed by atoms with Gasteiger partial charge in [0.25, 0.3) is 0 Å². The zero-order valence-electron chi connectivity index (χ0n) is 11.2. The highest BCUT2D eigenvalue weighted by Crippen LogP contribution is 2.26. The van der Waals surface area contributed by atoms with Gasteiger partial charge in [-0.05, 0) is 44.4 Å². The molecule has 1 aromatic carbocycles. The fourth-order valence-electron chi connectivity index (χ4n) is 2.45. The van der Waals surface area contributed by atoms with Crippen molar-refractivity contribution in [3.8, 4) is 0 Å². The topological polar surface area (TPSA) is 46.3 Å². The number of rotatable bonds is 2. The van der Waals surface area contributed by atoms with Crippen molar-refractivity contribution in [1.82, 2.24) is 4.90 Å². The smallest absolute Gasteiger partial charge is 0.247 e. The quantitative estimate of drug-likeness (QED) is 0.894. The Kier molecular flexibility index (Phi) is 5.42. The maximum atomic E-state index is 12.6. The fourth-order valence-corrected chi connectivity index (χ4v) is 2.72. The Balaban J connectivity index is 0.00000180. The lowest BCUT2D eigenvalue weighted by molar-refractivity contribution is -0.137. The first-order valence-corrected chi connectivity index (χ1v) is 7.08. The lowest BCUT2D eigenvalue weighted by Crippen LogP contribution is -2.51. The van der Waals surface area contributed by atoms with Gasteiger partial charge in [0.15, 0.2) is 0 Å². The highest BCUT2D eigenvalue weighted by molar-refractivity contribution is 9.10. The summed E-state index contributed by atoms with van der Waals surface area (Å²) < 4.78 is 0.990. The number of hydrogen-bond acceptors (Lipinski definition) is 2. The zero-order chi connectivity index (χ0) is 13.3. The molecule has 1 aromatic rings. The van der Waals surface area contributed by atoms with Crippen LogP contribution in [0.5, 0.6) is 0 Å². The van der Waals surface area contributed by atoms with Gasteiger partial charge < -0.3 is 10.6 Å². The van der Waals surface area contributed by atoms with E-state index in [0.717, 1.165) is 29.4 Å². The second-order valence-electron chi connectivity index (χ2n) is 5.20. The molecule has 2 unspecified atom stereocenters. The number of carbonyl (C=O) groups excluding carboxylic acids is 1. The highest BCUT2D eigenvalue weighted by Gasteiger charge is 2.37. The number of benzene rings is 1. The second kappa shape index (κ2) is 6.25. The molecule has 1 aliphatic rings. The molecule has 0 aliphatic carbocycles. The lowest BCUT2D eigenvalue weighted by Gasteiger charge is -2.32. The number of halogens is 2. The van der Waals surface area contributed by atoms with Crippen molar-refractivity contribution in [1.29, 1.82) is 0 Å². The Morgan fingerprint density at radius 2 is 2.00 bits per heavy atom. The molecular weight excluding hydrogens is 328 g/mol. The van der Waals surface area contributed by atoms with E-state index in [4.69, 9.17) is 5.73 Å². The monoisotopic (exact) mass is 346 g/mol. The van der Waals surface area contributed by atoms with Gasteiger partial charge in [-0.2, -0.15) is 0 Å². The molecule has 0 radical (unpaired) electrons. The van der Waals surface area contributed by atoms with E-state index in [1.165, 1.54) is 0 Å². The molecule has 1 heterocycles. The van der Waals surface area contributed by atoms with Gasteiger partial charge in [0.2, 0.25) is 5.91 Å². The van der Waals surface area contributed by atoms with Crippen molar-refractivity contribution in [3.63, 3.8) is 0 Å². The van der Waals surface area contributed by atoms with Crippen molar-refractivity contribution >= 4 is 34.2 Å². The Morgan fingerprint density at radius 3 is 2.47 bits per heavy atom. The summed E-state index contributed by atoms with van der Waals surface area (Å²) in [4.78, 5) is 14.5. The molecule has 2 N–H and O–H groups in total. The van der Waals surface area contributed by atoms with Crippen molar-refractivity contribution in [3.05, 3.63) is 34.3 Å². The van der Waals surface area contributed by atoms with E-state index in [1.54, 1.807) is 6.92 Å². The molecule has 0 spiro atoms. The first kappa shape index (κ1) is 16.5. The van der Waals surface area contributed by atoms with Crippen molar-refractivity contribution < 1.29 is 4.79 Å². The summed E-state index contributed by atoms with van der Waals surface area (Å²) in [6.07, 6.45) is 2.14. The van der Waals surface area contributed by atoms with Crippen LogP contribution in [0.25, 0.3) is 0 Å². The predicted molar refractivity (Wildman–Crippen MR) is 83.3 cm³/mol. The number of nitrogens with zero attached hydrogens (tertiary/aromatic N) is 1. The van der Waals surface area contributed by atoms with Crippen LogP contribution in [0.4, 0.5) is 0 Å². The minimum atomic E-state index is -0.945. The molecule has 2 rings (SSSR count). The molecule has 5 heteroatoms. The van der Waals surface area contributed by atoms with Crippen LogP contribution in [0.15, 0.2) is 28.7 Å². The van der Waals surface area contributed by atoms with Gasteiger partial charge in [0, 0.05) is 17.1 Å². The van der Waals surface area contributed by atoms with Gasteiger partial charge in [0.05, 0.1) is 0 Å². The van der Waals surface area contributed by atoms with Crippen LogP contribution in [-0.4, -0.2) is 23.4 Å². The number of nitrogens with two attached hydrogens (primary N) is 1. The maximum absolute atomic E-state index is 12.6. The summed E-state index contributed by atoms with van der Waals surface area (Å²) in [6, 6.07) is 7.95. The molecule has 1 aliphatic heterocycles. The highest BCUT2D eigenvalue weighted by atomic mass is 79.9. The minimum Gasteiger partial charge on any atom is -0.338 e. The molecule has 0 bridgehead atoms. The van der Waals surface area contributed by atoms with E-state index in [1.807, 2.05) is 29.2 Å². The molecule has 1 amide bonds. The van der Waals surface area contributed by atoms with Gasteiger partial charge in [-0.25, -0.2) is 0 Å². The molecule has 19 heavy (non-hydrogen) atoms. The van der Waals surface area contributed by atoms with Crippen molar-refractivity contribution in [2.75, 3.05) is 6.54 Å². The standard InChI is InChI=1S/C14H19BrN2O.ClH/c1-10-4-3-9-17(10)13(18)14(2,16)11-5-7-12(15)8-6-11;/h5-8,10H,3-4,9,16H2,1-2H3;1H. The third-order valence-electron chi connectivity index (χ3n) is 3.70. The Labute approximate surface area is 129 Å². The molecule has 1 fully saturated rings. The van der Waals surface area contributed by atoms with E-state index in [-0.39, 0.29) is 18.3 Å². The summed E-state index contributed by atoms with van der Waals surface area (Å²) in [5.41, 5.74) is 6.18. The largest absolute Gasteiger partial charge is 0.338 e. The van der Waals surface area contributed by atoms with E-state index in [0.29, 0.717) is 6.04 Å². The van der Waals surface area contributed by atoms with Gasteiger partial charge in [0.1, 0.15) is 5.54 Å². The van der Waals surface area contributed by atoms with E-state index < -0.39 is 5.54 Å². The fraction of sp³-hybridized carbons (Fsp3) is 0.500. The summed E-state index contributed by atoms with van der Waals surface area (Å²) in [7, 11) is 0. The van der Waals surface area contributed by atoms with E-state index in [9.17, 15) is 4.79 Å². The van der Waals surface area contributed by atoms with Crippen LogP contribution in [0.2, 0.25) is 0 Å². The van der Waals surface area contributed by atoms with Crippen LogP contribution in [-0.2, 0) is 10.3 Å². The summed E-state index contributed by atoms with van der Waals surface area (Å²) >= 11 is 3.39. The summed E-state index contributed by atoms with van der Waals surface area (Å²) in [5.74, 6) is 0.0230. The second-order valence-corrected chi connectivity index (χ2v) is 6.11. The molecule has 0 aromatic heterocycles. The van der Waals surface area contributed by atoms with E-state index in [2.05, 4.69) is 22.9 Å². The van der Waals surface area contributed by atoms with Crippen molar-refractivity contribution in [2.45, 2.75) is 38.3 Å². The SMILES string of the molecule is CC1CCCN1C(=O)C(C)(N)c1ccc(Br)cc1.Cl. The number of likely N-dealkylation sites (tertiary alicyclic amines) is 1. The van der Waals surface area contributed by atoms with Crippen LogP contribution < -0.4 is 5.73 Å². The van der Waals surface area contributed by atoms with Crippen LogP contribution >= 0.6 is 28.3 Å². The zero-order valence-corrected chi connectivity index (χ0v) is 13.6. The first-order valence-electron chi connectivity index (χ1n) is 6.29. The normalized spacial score (nSPS) is 21.7. The van der Waals surface area contributed by atoms with Crippen LogP contribution in [0.3, 0.4) is 0 Å². The van der Waals surface area contributed by atoms with Crippen LogP contribution in [0, 0.1) is 0 Å². The average molecular weight is 348 g/mol. The lowest BCUT2D eigenvalue weighted by atomic mass is 9.91. The van der Waals surface area contributed by atoms with Crippen LogP contribution in [0.1, 0.15) is 32.3 Å². The third kappa shape index (κ3) is 3.30. The van der Waals surface area contributed by atoms with Gasteiger partial charge >= 0.3 is 0 Å². The predicted octanol–water partition coefficient (Wildman–Crippen LogP) is 3.06. The van der Waals surface area contributed by atoms with E-state index >= 15 is 0 Å². The number of carbonyl (C=O) groups is 1. The molecular formula is C14H20BrClN2O. The van der Waals surface area contributed by atoms with Gasteiger partial charge in [-0.1, -0.05) is 28.1 Å². The molecule has 2 atom stereocenters. The van der Waals surface area contributed by atoms with Gasteiger partial charge in [-0.3, -0.25) is 4.79 Å². The molecule has 3 nitrogen and oxygen atoms in total. The minimum absolute atomic E-state index is 0. The van der Waals surface area contributed by atoms with Crippen molar-refractivity contribution in [2.24, 2.45) is 5.73 Å². The molecule has 0 saturated carbocycles. The Hall–Kier alpha value is -0.580. The number of amides is 1. The Bertz CT molecular complexity index is 447. The number of hydrogen-bond donors (Lipinski definition) is 1. The van der Waals surface area contributed by atoms with Gasteiger partial charge in [-0.15, -0.1) is 12.4 Å². The molecule has 1 saturated heterocycles. The Morgan fingerprint density at radius 1 is 1.42 bits per heavy atom. The summed E-state index contributed by atoms with van der Waals surface area (Å²) in [5, 5.41) is 0. The molecule has 106 valence electrons. The summed E-state index contributed by atoms with van der Waals surface area (Å²) in [6.45, 7) is 4.70. The average Bonchev–Trinajstić information content (AvgIpc) is 2.75.